The smallest absolute Gasteiger partial charge is 0.336 e. The van der Waals surface area contributed by atoms with Gasteiger partial charge in [-0.25, -0.2) is 4.79 Å². The fraction of sp³-hybridized carbons (Fsp3) is 0.312. The largest absolute Gasteiger partial charge is 0.478 e. The van der Waals surface area contributed by atoms with Crippen molar-refractivity contribution in [2.45, 2.75) is 26.2 Å². The van der Waals surface area contributed by atoms with Crippen molar-refractivity contribution in [1.29, 1.82) is 0 Å². The van der Waals surface area contributed by atoms with Gasteiger partial charge >= 0.3 is 5.97 Å². The molecule has 0 amide bonds. The van der Waals surface area contributed by atoms with Crippen molar-refractivity contribution >= 4 is 22.4 Å². The van der Waals surface area contributed by atoms with Crippen LogP contribution < -0.4 is 5.32 Å². The molecule has 0 fully saturated rings. The van der Waals surface area contributed by atoms with Crippen LogP contribution in [0.3, 0.4) is 0 Å². The third-order valence-corrected chi connectivity index (χ3v) is 3.25. The lowest BCUT2D eigenvalue weighted by Crippen LogP contribution is -2.04. The summed E-state index contributed by atoms with van der Waals surface area (Å²) in [7, 11) is 0. The van der Waals surface area contributed by atoms with Gasteiger partial charge in [0, 0.05) is 17.6 Å². The molecule has 3 heteroatoms. The molecule has 0 heterocycles. The molecule has 2 aromatic carbocycles. The Morgan fingerprint density at radius 3 is 2.53 bits per heavy atom. The van der Waals surface area contributed by atoms with Crippen LogP contribution >= 0.6 is 0 Å². The van der Waals surface area contributed by atoms with E-state index in [0.717, 1.165) is 29.4 Å². The van der Waals surface area contributed by atoms with E-state index in [1.165, 1.54) is 12.8 Å². The molecule has 100 valence electrons. The molecule has 0 aliphatic rings. The zero-order valence-corrected chi connectivity index (χ0v) is 11.1. The molecule has 0 saturated heterocycles. The molecule has 2 N–H and O–H groups in total. The lowest BCUT2D eigenvalue weighted by Gasteiger charge is -2.11. The zero-order valence-electron chi connectivity index (χ0n) is 11.1. The summed E-state index contributed by atoms with van der Waals surface area (Å²) in [5, 5.41) is 14.4. The van der Waals surface area contributed by atoms with Gasteiger partial charge in [0.15, 0.2) is 0 Å². The lowest BCUT2D eigenvalue weighted by molar-refractivity contribution is 0.0699. The van der Waals surface area contributed by atoms with E-state index in [1.54, 1.807) is 6.07 Å². The average Bonchev–Trinajstić information content (AvgIpc) is 2.43. The molecule has 0 atom stereocenters. The van der Waals surface area contributed by atoms with Gasteiger partial charge in [-0.1, -0.05) is 44.0 Å². The van der Waals surface area contributed by atoms with Gasteiger partial charge in [0.25, 0.3) is 0 Å². The molecule has 0 radical (unpaired) electrons. The van der Waals surface area contributed by atoms with E-state index in [-0.39, 0.29) is 0 Å². The minimum absolute atomic E-state index is 0.356. The first-order chi connectivity index (χ1) is 9.24. The van der Waals surface area contributed by atoms with Crippen molar-refractivity contribution < 1.29 is 9.90 Å². The number of unbranched alkanes of at least 4 members (excludes halogenated alkanes) is 2. The molecular weight excluding hydrogens is 238 g/mol. The Morgan fingerprint density at radius 2 is 1.84 bits per heavy atom. The summed E-state index contributed by atoms with van der Waals surface area (Å²) >= 11 is 0. The first-order valence-electron chi connectivity index (χ1n) is 6.73. The van der Waals surface area contributed by atoms with Crippen molar-refractivity contribution in [2.75, 3.05) is 11.9 Å². The van der Waals surface area contributed by atoms with E-state index in [4.69, 9.17) is 0 Å². The Labute approximate surface area is 113 Å². The highest BCUT2D eigenvalue weighted by Gasteiger charge is 2.10. The number of carboxylic acids is 1. The van der Waals surface area contributed by atoms with Crippen LogP contribution in [0.4, 0.5) is 5.69 Å². The Balaban J connectivity index is 2.30. The summed E-state index contributed by atoms with van der Waals surface area (Å²) in [6.07, 6.45) is 3.53. The van der Waals surface area contributed by atoms with Crippen molar-refractivity contribution in [1.82, 2.24) is 0 Å². The van der Waals surface area contributed by atoms with Crippen molar-refractivity contribution in [3.8, 4) is 0 Å². The fourth-order valence-corrected chi connectivity index (χ4v) is 2.24. The maximum absolute atomic E-state index is 11.2. The van der Waals surface area contributed by atoms with Crippen molar-refractivity contribution in [3.05, 3.63) is 42.0 Å². The molecule has 0 saturated carbocycles. The number of anilines is 1. The second kappa shape index (κ2) is 6.23. The van der Waals surface area contributed by atoms with Crippen LogP contribution in [0.5, 0.6) is 0 Å². The molecule has 0 aromatic heterocycles. The van der Waals surface area contributed by atoms with Gasteiger partial charge in [-0.15, -0.1) is 0 Å². The number of fused-ring (bicyclic) bond motifs is 1. The molecular formula is C16H19NO2. The van der Waals surface area contributed by atoms with Crippen molar-refractivity contribution in [3.63, 3.8) is 0 Å². The van der Waals surface area contributed by atoms with Crippen LogP contribution in [0.25, 0.3) is 10.8 Å². The number of hydrogen-bond acceptors (Lipinski definition) is 2. The third kappa shape index (κ3) is 3.05. The molecule has 2 aromatic rings. The van der Waals surface area contributed by atoms with E-state index in [1.807, 2.05) is 30.3 Å². The van der Waals surface area contributed by atoms with E-state index in [9.17, 15) is 9.90 Å². The predicted molar refractivity (Wildman–Crippen MR) is 78.9 cm³/mol. The summed E-state index contributed by atoms with van der Waals surface area (Å²) in [5.74, 6) is -0.881. The van der Waals surface area contributed by atoms with E-state index < -0.39 is 5.97 Å². The monoisotopic (exact) mass is 257 g/mol. The highest BCUT2D eigenvalue weighted by Crippen LogP contribution is 2.26. The number of nitrogens with one attached hydrogen (secondary N) is 1. The van der Waals surface area contributed by atoms with Crippen LogP contribution in [0.15, 0.2) is 36.4 Å². The van der Waals surface area contributed by atoms with E-state index in [2.05, 4.69) is 12.2 Å². The van der Waals surface area contributed by atoms with Gasteiger partial charge in [0.1, 0.15) is 0 Å². The SMILES string of the molecule is CCCCCNc1ccc(C(=O)O)c2ccccc12. The average molecular weight is 257 g/mol. The number of benzene rings is 2. The van der Waals surface area contributed by atoms with Crippen LogP contribution in [0.1, 0.15) is 36.5 Å². The van der Waals surface area contributed by atoms with Crippen LogP contribution in [0.2, 0.25) is 0 Å². The molecule has 3 nitrogen and oxygen atoms in total. The second-order valence-electron chi connectivity index (χ2n) is 4.65. The molecule has 0 spiro atoms. The Bertz CT molecular complexity index is 578. The van der Waals surface area contributed by atoms with Gasteiger partial charge in [-0.3, -0.25) is 0 Å². The minimum Gasteiger partial charge on any atom is -0.478 e. The van der Waals surface area contributed by atoms with Gasteiger partial charge in [-0.2, -0.15) is 0 Å². The molecule has 19 heavy (non-hydrogen) atoms. The molecule has 2 rings (SSSR count). The van der Waals surface area contributed by atoms with E-state index in [0.29, 0.717) is 5.56 Å². The molecule has 0 aliphatic carbocycles. The Kier molecular flexibility index (Phi) is 4.39. The summed E-state index contributed by atoms with van der Waals surface area (Å²) in [6, 6.07) is 11.2. The van der Waals surface area contributed by atoms with Gasteiger partial charge in [-0.05, 0) is 23.9 Å². The number of hydrogen-bond donors (Lipinski definition) is 2. The number of carbonyl (C=O) groups is 1. The number of carboxylic acid groups (broad SMARTS) is 1. The first-order valence-corrected chi connectivity index (χ1v) is 6.73. The quantitative estimate of drug-likeness (QED) is 0.765. The Hall–Kier alpha value is -2.03. The van der Waals surface area contributed by atoms with Crippen molar-refractivity contribution in [2.24, 2.45) is 0 Å². The minimum atomic E-state index is -0.881. The predicted octanol–water partition coefficient (Wildman–Crippen LogP) is 4.14. The topological polar surface area (TPSA) is 49.3 Å². The highest BCUT2D eigenvalue weighted by atomic mass is 16.4. The van der Waals surface area contributed by atoms with Gasteiger partial charge in [0.05, 0.1) is 5.56 Å². The Morgan fingerprint density at radius 1 is 1.11 bits per heavy atom. The summed E-state index contributed by atoms with van der Waals surface area (Å²) in [5.41, 5.74) is 1.37. The third-order valence-electron chi connectivity index (χ3n) is 3.25. The number of rotatable bonds is 6. The maximum atomic E-state index is 11.2. The summed E-state index contributed by atoms with van der Waals surface area (Å²) in [4.78, 5) is 11.2. The number of aromatic carboxylic acids is 1. The molecule has 0 unspecified atom stereocenters. The van der Waals surface area contributed by atoms with Crippen LogP contribution in [-0.4, -0.2) is 17.6 Å². The van der Waals surface area contributed by atoms with Crippen LogP contribution in [0, 0.1) is 0 Å². The van der Waals surface area contributed by atoms with E-state index >= 15 is 0 Å². The zero-order chi connectivity index (χ0) is 13.7. The standard InChI is InChI=1S/C16H19NO2/c1-2-3-6-11-17-15-10-9-14(16(18)19)12-7-4-5-8-13(12)15/h4-5,7-10,17H,2-3,6,11H2,1H3,(H,18,19). The fourth-order valence-electron chi connectivity index (χ4n) is 2.24. The maximum Gasteiger partial charge on any atom is 0.336 e. The van der Waals surface area contributed by atoms with Gasteiger partial charge in [0.2, 0.25) is 0 Å². The molecule has 0 aliphatic heterocycles. The highest BCUT2D eigenvalue weighted by molar-refractivity contribution is 6.07. The molecule has 0 bridgehead atoms. The summed E-state index contributed by atoms with van der Waals surface area (Å²) in [6.45, 7) is 3.10. The second-order valence-corrected chi connectivity index (χ2v) is 4.65. The normalized spacial score (nSPS) is 10.6. The van der Waals surface area contributed by atoms with Gasteiger partial charge < -0.3 is 10.4 Å². The summed E-state index contributed by atoms with van der Waals surface area (Å²) < 4.78 is 0. The van der Waals surface area contributed by atoms with Crippen LogP contribution in [-0.2, 0) is 0 Å². The lowest BCUT2D eigenvalue weighted by atomic mass is 10.0. The first kappa shape index (κ1) is 13.4.